The minimum atomic E-state index is -0.909. The van der Waals surface area contributed by atoms with Crippen molar-refractivity contribution < 1.29 is 19.1 Å². The third kappa shape index (κ3) is 9.22. The maximum Gasteiger partial charge on any atom is 0.408 e. The third-order valence-electron chi connectivity index (χ3n) is 5.84. The first-order chi connectivity index (χ1) is 16.7. The van der Waals surface area contributed by atoms with Crippen molar-refractivity contribution >= 4 is 17.9 Å². The molecule has 0 fully saturated rings. The van der Waals surface area contributed by atoms with Gasteiger partial charge in [-0.15, -0.1) is 6.42 Å². The maximum absolute atomic E-state index is 14.2. The van der Waals surface area contributed by atoms with Gasteiger partial charge in [0.2, 0.25) is 11.8 Å². The Hall–Kier alpha value is -3.01. The Balaban J connectivity index is 3.56. The lowest BCUT2D eigenvalue weighted by molar-refractivity contribution is -0.149. The van der Waals surface area contributed by atoms with Crippen molar-refractivity contribution in [3.63, 3.8) is 0 Å². The van der Waals surface area contributed by atoms with Crippen molar-refractivity contribution in [1.29, 1.82) is 0 Å². The fourth-order valence-electron chi connectivity index (χ4n) is 3.78. The quantitative estimate of drug-likeness (QED) is 0.342. The first kappa shape index (κ1) is 31.0. The molecule has 200 valence electrons. The van der Waals surface area contributed by atoms with Crippen molar-refractivity contribution in [2.24, 2.45) is 5.92 Å². The molecule has 0 aliphatic rings. The van der Waals surface area contributed by atoms with E-state index in [0.717, 1.165) is 12.8 Å². The third-order valence-corrected chi connectivity index (χ3v) is 5.84. The lowest BCUT2D eigenvalue weighted by Gasteiger charge is -2.43. The maximum atomic E-state index is 14.2. The summed E-state index contributed by atoms with van der Waals surface area (Å²) in [4.78, 5) is 42.0. The summed E-state index contributed by atoms with van der Waals surface area (Å²) in [5.74, 6) is 1.77. The Bertz CT molecular complexity index is 920. The summed E-state index contributed by atoms with van der Waals surface area (Å²) in [7, 11) is 0. The highest BCUT2D eigenvalue weighted by Gasteiger charge is 2.43. The van der Waals surface area contributed by atoms with Crippen LogP contribution in [0.1, 0.15) is 98.7 Å². The lowest BCUT2D eigenvalue weighted by Crippen LogP contribution is -2.60. The Morgan fingerprint density at radius 2 is 1.64 bits per heavy atom. The standard InChI is InChI=1S/C29H45N3O4/c1-11-14-19-30-25(33)24(22-17-15-21(13-3)16-18-22)32(28(5,6)7)26(34)23(20(4)12-2)31-27(35)36-29(8,9)10/h3,15-18,20,23-24H,11-12,14,19H2,1-2,4-10H3,(H,30,33)(H,31,35). The van der Waals surface area contributed by atoms with Crippen LogP contribution in [0.25, 0.3) is 0 Å². The molecule has 0 aromatic heterocycles. The summed E-state index contributed by atoms with van der Waals surface area (Å²) >= 11 is 0. The average Bonchev–Trinajstić information content (AvgIpc) is 2.78. The summed E-state index contributed by atoms with van der Waals surface area (Å²) < 4.78 is 5.44. The molecule has 3 atom stereocenters. The number of rotatable bonds is 10. The van der Waals surface area contributed by atoms with E-state index in [2.05, 4.69) is 16.6 Å². The zero-order valence-corrected chi connectivity index (χ0v) is 23.5. The van der Waals surface area contributed by atoms with Crippen molar-refractivity contribution in [2.45, 2.75) is 105 Å². The fraction of sp³-hybridized carbons (Fsp3) is 0.621. The van der Waals surface area contributed by atoms with Crippen LogP contribution in [0.5, 0.6) is 0 Å². The van der Waals surface area contributed by atoms with Crippen LogP contribution in [0.3, 0.4) is 0 Å². The van der Waals surface area contributed by atoms with Crippen LogP contribution in [0.4, 0.5) is 4.79 Å². The molecule has 0 aliphatic carbocycles. The fourth-order valence-corrected chi connectivity index (χ4v) is 3.78. The number of carbonyl (C=O) groups is 3. The molecule has 0 saturated carbocycles. The first-order valence-electron chi connectivity index (χ1n) is 12.8. The Labute approximate surface area is 217 Å². The molecule has 1 rings (SSSR count). The van der Waals surface area contributed by atoms with E-state index in [-0.39, 0.29) is 17.7 Å². The van der Waals surface area contributed by atoms with Crippen LogP contribution in [0.2, 0.25) is 0 Å². The number of nitrogens with one attached hydrogen (secondary N) is 2. The van der Waals surface area contributed by atoms with E-state index in [1.54, 1.807) is 49.9 Å². The van der Waals surface area contributed by atoms with E-state index in [1.807, 2.05) is 41.5 Å². The van der Waals surface area contributed by atoms with Crippen LogP contribution in [-0.4, -0.2) is 46.5 Å². The molecule has 0 radical (unpaired) electrons. The van der Waals surface area contributed by atoms with Gasteiger partial charge in [0.05, 0.1) is 0 Å². The molecule has 7 nitrogen and oxygen atoms in total. The predicted molar refractivity (Wildman–Crippen MR) is 144 cm³/mol. The Kier molecular flexibility index (Phi) is 11.5. The molecular weight excluding hydrogens is 454 g/mol. The molecule has 0 aliphatic heterocycles. The van der Waals surface area contributed by atoms with Crippen molar-refractivity contribution in [3.05, 3.63) is 35.4 Å². The lowest BCUT2D eigenvalue weighted by atomic mass is 9.91. The van der Waals surface area contributed by atoms with Gasteiger partial charge in [0.1, 0.15) is 17.7 Å². The summed E-state index contributed by atoms with van der Waals surface area (Å²) in [5.41, 5.74) is -0.124. The van der Waals surface area contributed by atoms with Crippen molar-refractivity contribution in [3.8, 4) is 12.3 Å². The summed E-state index contributed by atoms with van der Waals surface area (Å²) in [6.45, 7) is 17.4. The van der Waals surface area contributed by atoms with Gasteiger partial charge in [0, 0.05) is 17.6 Å². The highest BCUT2D eigenvalue weighted by atomic mass is 16.6. The van der Waals surface area contributed by atoms with Gasteiger partial charge in [-0.25, -0.2) is 4.79 Å². The first-order valence-corrected chi connectivity index (χ1v) is 12.8. The summed E-state index contributed by atoms with van der Waals surface area (Å²) in [6.07, 6.45) is 7.26. The number of hydrogen-bond acceptors (Lipinski definition) is 4. The Morgan fingerprint density at radius 1 is 1.06 bits per heavy atom. The van der Waals surface area contributed by atoms with Gasteiger partial charge < -0.3 is 20.3 Å². The number of carbonyl (C=O) groups excluding carboxylic acids is 3. The largest absolute Gasteiger partial charge is 0.444 e. The van der Waals surface area contributed by atoms with Crippen molar-refractivity contribution in [2.75, 3.05) is 6.54 Å². The zero-order chi connectivity index (χ0) is 27.7. The van der Waals surface area contributed by atoms with E-state index in [4.69, 9.17) is 11.2 Å². The van der Waals surface area contributed by atoms with E-state index in [1.165, 1.54) is 0 Å². The summed E-state index contributed by atoms with van der Waals surface area (Å²) in [6, 6.07) is 5.30. The Morgan fingerprint density at radius 3 is 2.08 bits per heavy atom. The predicted octanol–water partition coefficient (Wildman–Crippen LogP) is 5.19. The highest BCUT2D eigenvalue weighted by molar-refractivity contribution is 5.92. The smallest absolute Gasteiger partial charge is 0.408 e. The van der Waals surface area contributed by atoms with E-state index in [0.29, 0.717) is 24.1 Å². The topological polar surface area (TPSA) is 87.7 Å². The number of terminal acetylenes is 1. The zero-order valence-electron chi connectivity index (χ0n) is 23.5. The van der Waals surface area contributed by atoms with Gasteiger partial charge >= 0.3 is 6.09 Å². The number of amides is 3. The van der Waals surface area contributed by atoms with E-state index < -0.39 is 29.3 Å². The van der Waals surface area contributed by atoms with Gasteiger partial charge in [-0.3, -0.25) is 9.59 Å². The molecule has 3 amide bonds. The SMILES string of the molecule is C#Cc1ccc(C(C(=O)NCCCC)N(C(=O)C(NC(=O)OC(C)(C)C)C(C)CC)C(C)(C)C)cc1. The normalized spacial score (nSPS) is 14.1. The van der Waals surface area contributed by atoms with Crippen LogP contribution in [0, 0.1) is 18.3 Å². The van der Waals surface area contributed by atoms with Gasteiger partial charge in [-0.2, -0.15) is 0 Å². The number of alkyl carbamates (subject to hydrolysis) is 1. The molecular formula is C29H45N3O4. The number of benzene rings is 1. The van der Waals surface area contributed by atoms with Gasteiger partial charge in [-0.05, 0) is 71.6 Å². The molecule has 0 saturated heterocycles. The number of nitrogens with zero attached hydrogens (tertiary/aromatic N) is 1. The molecule has 1 aromatic carbocycles. The number of ether oxygens (including phenoxy) is 1. The van der Waals surface area contributed by atoms with Gasteiger partial charge in [0.25, 0.3) is 0 Å². The van der Waals surface area contributed by atoms with Crippen LogP contribution < -0.4 is 10.6 Å². The number of hydrogen-bond donors (Lipinski definition) is 2. The molecule has 0 spiro atoms. The second-order valence-electron chi connectivity index (χ2n) is 11.2. The second-order valence-corrected chi connectivity index (χ2v) is 11.2. The highest BCUT2D eigenvalue weighted by Crippen LogP contribution is 2.31. The minimum absolute atomic E-state index is 0.192. The molecule has 0 heterocycles. The second kappa shape index (κ2) is 13.3. The minimum Gasteiger partial charge on any atom is -0.444 e. The molecule has 1 aromatic rings. The molecule has 7 heteroatoms. The summed E-state index contributed by atoms with van der Waals surface area (Å²) in [5, 5.41) is 5.77. The van der Waals surface area contributed by atoms with Gasteiger partial charge in [0.15, 0.2) is 0 Å². The van der Waals surface area contributed by atoms with E-state index in [9.17, 15) is 14.4 Å². The molecule has 3 unspecified atom stereocenters. The average molecular weight is 500 g/mol. The van der Waals surface area contributed by atoms with Crippen molar-refractivity contribution in [1.82, 2.24) is 15.5 Å². The van der Waals surface area contributed by atoms with Crippen LogP contribution >= 0.6 is 0 Å². The van der Waals surface area contributed by atoms with Crippen LogP contribution in [-0.2, 0) is 14.3 Å². The van der Waals surface area contributed by atoms with E-state index >= 15 is 0 Å². The number of unbranched alkanes of at least 4 members (excludes halogenated alkanes) is 1. The molecule has 2 N–H and O–H groups in total. The molecule has 36 heavy (non-hydrogen) atoms. The van der Waals surface area contributed by atoms with Crippen LogP contribution in [0.15, 0.2) is 24.3 Å². The molecule has 0 bridgehead atoms. The monoisotopic (exact) mass is 499 g/mol. The van der Waals surface area contributed by atoms with Gasteiger partial charge in [-0.1, -0.05) is 51.7 Å².